The molecule has 0 fully saturated rings. The Morgan fingerprint density at radius 2 is 2.18 bits per heavy atom. The van der Waals surface area contributed by atoms with Gasteiger partial charge in [-0.2, -0.15) is 0 Å². The topological polar surface area (TPSA) is 64.3 Å². The Hall–Kier alpha value is -1.27. The minimum Gasteiger partial charge on any atom is -0.495 e. The zero-order valence-electron chi connectivity index (χ0n) is 9.43. The van der Waals surface area contributed by atoms with Crippen molar-refractivity contribution in [3.8, 4) is 5.75 Å². The van der Waals surface area contributed by atoms with E-state index in [4.69, 9.17) is 22.7 Å². The molecule has 4 nitrogen and oxygen atoms in total. The summed E-state index contributed by atoms with van der Waals surface area (Å²) in [6, 6.07) is 7.25. The molecule has 3 N–H and O–H groups in total. The number of carbonyl (C=O) groups is 1. The first-order valence-corrected chi connectivity index (χ1v) is 6.48. The summed E-state index contributed by atoms with van der Waals surface area (Å²) in [7, 11) is 1.56. The molecule has 1 rings (SSSR count). The van der Waals surface area contributed by atoms with E-state index >= 15 is 0 Å². The molecule has 0 atom stereocenters. The number of nitrogens with one attached hydrogen (secondary N) is 1. The molecule has 0 unspecified atom stereocenters. The third-order valence-electron chi connectivity index (χ3n) is 1.86. The van der Waals surface area contributed by atoms with Gasteiger partial charge in [-0.1, -0.05) is 24.4 Å². The molecular weight excluding hydrogens is 256 g/mol. The number of amides is 1. The van der Waals surface area contributed by atoms with Gasteiger partial charge in [-0.25, -0.2) is 0 Å². The molecule has 0 radical (unpaired) electrons. The lowest BCUT2D eigenvalue weighted by Gasteiger charge is -2.09. The second kappa shape index (κ2) is 7.13. The lowest BCUT2D eigenvalue weighted by atomic mass is 10.3. The summed E-state index contributed by atoms with van der Waals surface area (Å²) in [5.41, 5.74) is 6.00. The number of ether oxygens (including phenoxy) is 1. The molecule has 0 bridgehead atoms. The molecular formula is C11H14N2O2S2. The van der Waals surface area contributed by atoms with Crippen LogP contribution < -0.4 is 15.8 Å². The van der Waals surface area contributed by atoms with Gasteiger partial charge in [0.25, 0.3) is 0 Å². The van der Waals surface area contributed by atoms with E-state index in [0.717, 1.165) is 0 Å². The summed E-state index contributed by atoms with van der Waals surface area (Å²) in [5.74, 6) is 1.36. The van der Waals surface area contributed by atoms with Crippen LogP contribution in [0.4, 0.5) is 5.69 Å². The Morgan fingerprint density at radius 3 is 2.82 bits per heavy atom. The maximum atomic E-state index is 11.6. The summed E-state index contributed by atoms with van der Waals surface area (Å²) in [4.78, 5) is 12.0. The number of anilines is 1. The molecule has 0 spiro atoms. The van der Waals surface area contributed by atoms with Crippen LogP contribution in [0.15, 0.2) is 24.3 Å². The summed E-state index contributed by atoms with van der Waals surface area (Å²) in [5, 5.41) is 2.77. The molecule has 0 heterocycles. The Balaban J connectivity index is 2.47. The number of rotatable bonds is 6. The Labute approximate surface area is 110 Å². The quantitative estimate of drug-likeness (QED) is 0.770. The highest BCUT2D eigenvalue weighted by Gasteiger charge is 2.06. The van der Waals surface area contributed by atoms with Crippen molar-refractivity contribution < 1.29 is 9.53 Å². The van der Waals surface area contributed by atoms with Crippen LogP contribution in [0.2, 0.25) is 0 Å². The predicted octanol–water partition coefficient (Wildman–Crippen LogP) is 1.65. The number of hydrogen-bond acceptors (Lipinski definition) is 4. The molecule has 6 heteroatoms. The van der Waals surface area contributed by atoms with E-state index in [1.54, 1.807) is 19.2 Å². The molecule has 0 saturated carbocycles. The molecule has 0 aliphatic heterocycles. The van der Waals surface area contributed by atoms with Crippen LogP contribution in [0.5, 0.6) is 5.75 Å². The van der Waals surface area contributed by atoms with E-state index < -0.39 is 0 Å². The van der Waals surface area contributed by atoms with Gasteiger partial charge in [0, 0.05) is 5.75 Å². The van der Waals surface area contributed by atoms with Gasteiger partial charge in [-0.15, -0.1) is 11.8 Å². The maximum Gasteiger partial charge on any atom is 0.234 e. The molecule has 1 amide bonds. The van der Waals surface area contributed by atoms with Crippen molar-refractivity contribution in [2.45, 2.75) is 0 Å². The highest BCUT2D eigenvalue weighted by Crippen LogP contribution is 2.23. The fourth-order valence-corrected chi connectivity index (χ4v) is 1.99. The van der Waals surface area contributed by atoms with E-state index in [-0.39, 0.29) is 5.91 Å². The number of hydrogen-bond donors (Lipinski definition) is 2. The van der Waals surface area contributed by atoms with Crippen molar-refractivity contribution in [2.75, 3.05) is 23.9 Å². The van der Waals surface area contributed by atoms with Gasteiger partial charge >= 0.3 is 0 Å². The third-order valence-corrected chi connectivity index (χ3v) is 3.17. The molecule has 0 saturated heterocycles. The van der Waals surface area contributed by atoms with Gasteiger partial charge in [0.05, 0.1) is 23.5 Å². The highest BCUT2D eigenvalue weighted by atomic mass is 32.2. The molecule has 1 aromatic carbocycles. The normalized spacial score (nSPS) is 9.71. The average Bonchev–Trinajstić information content (AvgIpc) is 2.29. The van der Waals surface area contributed by atoms with E-state index in [9.17, 15) is 4.79 Å². The summed E-state index contributed by atoms with van der Waals surface area (Å²) >= 11 is 6.11. The largest absolute Gasteiger partial charge is 0.495 e. The van der Waals surface area contributed by atoms with Crippen molar-refractivity contribution in [3.63, 3.8) is 0 Å². The SMILES string of the molecule is COc1ccccc1NC(=O)CSCC(N)=S. The van der Waals surface area contributed by atoms with Gasteiger partial charge in [0.2, 0.25) is 5.91 Å². The number of thiocarbonyl (C=S) groups is 1. The highest BCUT2D eigenvalue weighted by molar-refractivity contribution is 8.01. The maximum absolute atomic E-state index is 11.6. The molecule has 92 valence electrons. The van der Waals surface area contributed by atoms with Crippen LogP contribution in [0, 0.1) is 0 Å². The molecule has 0 aliphatic rings. The number of nitrogens with two attached hydrogens (primary N) is 1. The molecule has 1 aromatic rings. The fourth-order valence-electron chi connectivity index (χ4n) is 1.18. The first-order valence-electron chi connectivity index (χ1n) is 4.92. The van der Waals surface area contributed by atoms with Crippen LogP contribution in [0.3, 0.4) is 0 Å². The van der Waals surface area contributed by atoms with E-state index in [1.165, 1.54) is 11.8 Å². The van der Waals surface area contributed by atoms with Crippen molar-refractivity contribution in [2.24, 2.45) is 5.73 Å². The van der Waals surface area contributed by atoms with Crippen LogP contribution in [0.25, 0.3) is 0 Å². The molecule has 0 aliphatic carbocycles. The van der Waals surface area contributed by atoms with Crippen molar-refractivity contribution in [1.29, 1.82) is 0 Å². The van der Waals surface area contributed by atoms with Gasteiger partial charge < -0.3 is 15.8 Å². The van der Waals surface area contributed by atoms with Gasteiger partial charge in [0.15, 0.2) is 0 Å². The smallest absolute Gasteiger partial charge is 0.234 e. The summed E-state index contributed by atoms with van der Waals surface area (Å²) < 4.78 is 5.13. The predicted molar refractivity (Wildman–Crippen MR) is 75.7 cm³/mol. The average molecular weight is 270 g/mol. The Bertz CT molecular complexity index is 410. The minimum atomic E-state index is -0.101. The van der Waals surface area contributed by atoms with Crippen LogP contribution >= 0.6 is 24.0 Å². The second-order valence-electron chi connectivity index (χ2n) is 3.21. The number of carbonyl (C=O) groups excluding carboxylic acids is 1. The monoisotopic (exact) mass is 270 g/mol. The van der Waals surface area contributed by atoms with Gasteiger partial charge in [-0.05, 0) is 12.1 Å². The van der Waals surface area contributed by atoms with Crippen LogP contribution in [-0.4, -0.2) is 29.5 Å². The fraction of sp³-hybridized carbons (Fsp3) is 0.273. The third kappa shape index (κ3) is 5.06. The summed E-state index contributed by atoms with van der Waals surface area (Å²) in [6.45, 7) is 0. The second-order valence-corrected chi connectivity index (χ2v) is 4.72. The first kappa shape index (κ1) is 13.8. The number of para-hydroxylation sites is 2. The van der Waals surface area contributed by atoms with E-state index in [2.05, 4.69) is 5.32 Å². The van der Waals surface area contributed by atoms with Crippen LogP contribution in [-0.2, 0) is 4.79 Å². The Morgan fingerprint density at radius 1 is 1.47 bits per heavy atom. The van der Waals surface area contributed by atoms with Gasteiger partial charge in [-0.3, -0.25) is 4.79 Å². The number of thioether (sulfide) groups is 1. The zero-order valence-corrected chi connectivity index (χ0v) is 11.1. The van der Waals surface area contributed by atoms with Crippen molar-refractivity contribution >= 4 is 40.6 Å². The summed E-state index contributed by atoms with van der Waals surface area (Å²) in [6.07, 6.45) is 0. The van der Waals surface area contributed by atoms with Gasteiger partial charge in [0.1, 0.15) is 5.75 Å². The zero-order chi connectivity index (χ0) is 12.7. The van der Waals surface area contributed by atoms with E-state index in [1.807, 2.05) is 12.1 Å². The van der Waals surface area contributed by atoms with Crippen molar-refractivity contribution in [1.82, 2.24) is 0 Å². The van der Waals surface area contributed by atoms with E-state index in [0.29, 0.717) is 27.9 Å². The standard InChI is InChI=1S/C11H14N2O2S2/c1-15-9-5-3-2-4-8(9)13-11(14)7-17-6-10(12)16/h2-5H,6-7H2,1H3,(H2,12,16)(H,13,14). The number of methoxy groups -OCH3 is 1. The lowest BCUT2D eigenvalue weighted by molar-refractivity contribution is -0.113. The first-order chi connectivity index (χ1) is 8.13. The molecule has 17 heavy (non-hydrogen) atoms. The van der Waals surface area contributed by atoms with Crippen LogP contribution in [0.1, 0.15) is 0 Å². The Kier molecular flexibility index (Phi) is 5.79. The number of benzene rings is 1. The minimum absolute atomic E-state index is 0.101. The molecule has 0 aromatic heterocycles. The van der Waals surface area contributed by atoms with Crippen molar-refractivity contribution in [3.05, 3.63) is 24.3 Å². The lowest BCUT2D eigenvalue weighted by Crippen LogP contribution is -2.17.